The van der Waals surface area contributed by atoms with Gasteiger partial charge in [-0.2, -0.15) is 5.10 Å². The van der Waals surface area contributed by atoms with Crippen molar-refractivity contribution in [2.24, 2.45) is 5.73 Å². The lowest BCUT2D eigenvalue weighted by Gasteiger charge is -2.04. The molecule has 0 aliphatic heterocycles. The summed E-state index contributed by atoms with van der Waals surface area (Å²) in [6.45, 7) is 2.84. The van der Waals surface area contributed by atoms with Gasteiger partial charge in [-0.05, 0) is 25.8 Å². The zero-order chi connectivity index (χ0) is 10.7. The summed E-state index contributed by atoms with van der Waals surface area (Å²) >= 11 is 0. The lowest BCUT2D eigenvalue weighted by molar-refractivity contribution is 0.644. The van der Waals surface area contributed by atoms with Crippen molar-refractivity contribution >= 4 is 0 Å². The second kappa shape index (κ2) is 4.75. The molecule has 1 aliphatic rings. The molecule has 15 heavy (non-hydrogen) atoms. The number of nitrogens with one attached hydrogen (secondary N) is 1. The van der Waals surface area contributed by atoms with Crippen LogP contribution in [-0.4, -0.2) is 21.7 Å². The second-order valence-electron chi connectivity index (χ2n) is 4.54. The van der Waals surface area contributed by atoms with Crippen molar-refractivity contribution in [3.05, 3.63) is 11.6 Å². The Hall–Kier alpha value is -0.900. The van der Waals surface area contributed by atoms with Gasteiger partial charge in [0, 0.05) is 11.8 Å². The summed E-state index contributed by atoms with van der Waals surface area (Å²) in [6.07, 6.45) is 6.15. The Morgan fingerprint density at radius 3 is 2.87 bits per heavy atom. The normalized spacial score (nSPS) is 19.6. The smallest absolute Gasteiger partial charge is 0.153 e. The van der Waals surface area contributed by atoms with Gasteiger partial charge < -0.3 is 5.73 Å². The maximum atomic E-state index is 5.53. The predicted octanol–water partition coefficient (Wildman–Crippen LogP) is 1.91. The van der Waals surface area contributed by atoms with Gasteiger partial charge in [0.1, 0.15) is 5.82 Å². The molecule has 0 saturated heterocycles. The van der Waals surface area contributed by atoms with Gasteiger partial charge in [-0.15, -0.1) is 0 Å². The molecule has 4 heteroatoms. The van der Waals surface area contributed by atoms with Gasteiger partial charge in [-0.3, -0.25) is 5.10 Å². The van der Waals surface area contributed by atoms with Crippen LogP contribution in [0.25, 0.3) is 0 Å². The molecule has 4 nitrogen and oxygen atoms in total. The van der Waals surface area contributed by atoms with Crippen LogP contribution in [0.5, 0.6) is 0 Å². The SMILES string of the molecule is CC(CCN)c1n[nH]c(C2CCCC2)n1. The van der Waals surface area contributed by atoms with Crippen LogP contribution in [0.4, 0.5) is 0 Å². The zero-order valence-electron chi connectivity index (χ0n) is 9.37. The molecule has 1 aromatic rings. The maximum Gasteiger partial charge on any atom is 0.153 e. The van der Waals surface area contributed by atoms with E-state index in [4.69, 9.17) is 5.73 Å². The first-order valence-corrected chi connectivity index (χ1v) is 5.93. The molecule has 2 rings (SSSR count). The Bertz CT molecular complexity index is 301. The molecule has 0 aromatic carbocycles. The first-order valence-electron chi connectivity index (χ1n) is 5.93. The number of aromatic amines is 1. The van der Waals surface area contributed by atoms with Crippen LogP contribution < -0.4 is 5.73 Å². The number of hydrogen-bond donors (Lipinski definition) is 2. The van der Waals surface area contributed by atoms with Crippen LogP contribution in [0.2, 0.25) is 0 Å². The average molecular weight is 208 g/mol. The fraction of sp³-hybridized carbons (Fsp3) is 0.818. The lowest BCUT2D eigenvalue weighted by atomic mass is 10.1. The Kier molecular flexibility index (Phi) is 3.36. The first-order chi connectivity index (χ1) is 7.31. The largest absolute Gasteiger partial charge is 0.330 e. The minimum absolute atomic E-state index is 0.376. The van der Waals surface area contributed by atoms with Gasteiger partial charge in [0.15, 0.2) is 5.82 Å². The van der Waals surface area contributed by atoms with Crippen molar-refractivity contribution < 1.29 is 0 Å². The highest BCUT2D eigenvalue weighted by Gasteiger charge is 2.21. The van der Waals surface area contributed by atoms with Crippen molar-refractivity contribution in [2.75, 3.05) is 6.54 Å². The summed E-state index contributed by atoms with van der Waals surface area (Å²) in [4.78, 5) is 4.59. The molecule has 0 bridgehead atoms. The predicted molar refractivity (Wildman–Crippen MR) is 59.7 cm³/mol. The molecule has 84 valence electrons. The summed E-state index contributed by atoms with van der Waals surface area (Å²) in [5, 5.41) is 7.37. The highest BCUT2D eigenvalue weighted by molar-refractivity contribution is 5.02. The van der Waals surface area contributed by atoms with Crippen LogP contribution >= 0.6 is 0 Å². The number of hydrogen-bond acceptors (Lipinski definition) is 3. The number of aromatic nitrogens is 3. The van der Waals surface area contributed by atoms with Crippen LogP contribution in [0, 0.1) is 0 Å². The second-order valence-corrected chi connectivity index (χ2v) is 4.54. The van der Waals surface area contributed by atoms with E-state index < -0.39 is 0 Å². The Labute approximate surface area is 90.7 Å². The van der Waals surface area contributed by atoms with Gasteiger partial charge in [-0.1, -0.05) is 19.8 Å². The molecule has 1 atom stereocenters. The molecule has 1 saturated carbocycles. The Balaban J connectivity index is 2.02. The fourth-order valence-electron chi connectivity index (χ4n) is 2.27. The maximum absolute atomic E-state index is 5.53. The van der Waals surface area contributed by atoms with E-state index in [1.165, 1.54) is 25.7 Å². The highest BCUT2D eigenvalue weighted by atomic mass is 15.2. The van der Waals surface area contributed by atoms with Crippen molar-refractivity contribution in [3.63, 3.8) is 0 Å². The van der Waals surface area contributed by atoms with Crippen LogP contribution in [0.15, 0.2) is 0 Å². The molecule has 3 N–H and O–H groups in total. The van der Waals surface area contributed by atoms with Crippen LogP contribution in [-0.2, 0) is 0 Å². The molecular weight excluding hydrogens is 188 g/mol. The number of nitrogens with zero attached hydrogens (tertiary/aromatic N) is 2. The summed E-state index contributed by atoms with van der Waals surface area (Å²) < 4.78 is 0. The van der Waals surface area contributed by atoms with E-state index in [1.54, 1.807) is 0 Å². The molecule has 0 radical (unpaired) electrons. The topological polar surface area (TPSA) is 67.6 Å². The number of nitrogens with two attached hydrogens (primary N) is 1. The lowest BCUT2D eigenvalue weighted by Crippen LogP contribution is -2.06. The third-order valence-electron chi connectivity index (χ3n) is 3.30. The number of H-pyrrole nitrogens is 1. The van der Waals surface area contributed by atoms with Crippen molar-refractivity contribution in [2.45, 2.75) is 50.9 Å². The summed E-state index contributed by atoms with van der Waals surface area (Å²) in [5.74, 6) is 3.02. The van der Waals surface area contributed by atoms with E-state index in [0.717, 1.165) is 18.1 Å². The van der Waals surface area contributed by atoms with Crippen LogP contribution in [0.3, 0.4) is 0 Å². The van der Waals surface area contributed by atoms with E-state index in [1.807, 2.05) is 0 Å². The molecule has 1 heterocycles. The third kappa shape index (κ3) is 2.37. The molecular formula is C11H20N4. The summed E-state index contributed by atoms with van der Waals surface area (Å²) in [5.41, 5.74) is 5.53. The molecule has 0 spiro atoms. The van der Waals surface area contributed by atoms with Gasteiger partial charge in [-0.25, -0.2) is 4.98 Å². The van der Waals surface area contributed by atoms with Crippen LogP contribution in [0.1, 0.15) is 62.5 Å². The van der Waals surface area contributed by atoms with E-state index in [2.05, 4.69) is 22.1 Å². The zero-order valence-corrected chi connectivity index (χ0v) is 9.37. The first kappa shape index (κ1) is 10.6. The van der Waals surface area contributed by atoms with E-state index in [0.29, 0.717) is 18.4 Å². The molecule has 1 aliphatic carbocycles. The standard InChI is InChI=1S/C11H20N4/c1-8(6-7-12)10-13-11(15-14-10)9-4-2-3-5-9/h8-9H,2-7,12H2,1H3,(H,13,14,15). The summed E-state index contributed by atoms with van der Waals surface area (Å²) in [6, 6.07) is 0. The third-order valence-corrected chi connectivity index (χ3v) is 3.30. The minimum atomic E-state index is 0.376. The van der Waals surface area contributed by atoms with Gasteiger partial charge in [0.05, 0.1) is 0 Å². The van der Waals surface area contributed by atoms with E-state index >= 15 is 0 Å². The fourth-order valence-corrected chi connectivity index (χ4v) is 2.27. The van der Waals surface area contributed by atoms with E-state index in [-0.39, 0.29) is 0 Å². The van der Waals surface area contributed by atoms with Crippen molar-refractivity contribution in [3.8, 4) is 0 Å². The quantitative estimate of drug-likeness (QED) is 0.794. The molecule has 1 unspecified atom stereocenters. The molecule has 1 aromatic heterocycles. The number of rotatable bonds is 4. The van der Waals surface area contributed by atoms with Gasteiger partial charge in [0.25, 0.3) is 0 Å². The van der Waals surface area contributed by atoms with Crippen molar-refractivity contribution in [1.29, 1.82) is 0 Å². The van der Waals surface area contributed by atoms with Gasteiger partial charge >= 0.3 is 0 Å². The van der Waals surface area contributed by atoms with E-state index in [9.17, 15) is 0 Å². The Morgan fingerprint density at radius 2 is 2.20 bits per heavy atom. The highest BCUT2D eigenvalue weighted by Crippen LogP contribution is 2.32. The monoisotopic (exact) mass is 208 g/mol. The van der Waals surface area contributed by atoms with Crippen molar-refractivity contribution in [1.82, 2.24) is 15.2 Å². The molecule has 1 fully saturated rings. The Morgan fingerprint density at radius 1 is 1.47 bits per heavy atom. The molecule has 0 amide bonds. The van der Waals surface area contributed by atoms with Gasteiger partial charge in [0.2, 0.25) is 0 Å². The average Bonchev–Trinajstić information content (AvgIpc) is 2.89. The summed E-state index contributed by atoms with van der Waals surface area (Å²) in [7, 11) is 0. The minimum Gasteiger partial charge on any atom is -0.330 e.